The van der Waals surface area contributed by atoms with Gasteiger partial charge in [-0.25, -0.2) is 4.98 Å². The standard InChI is InChI=1S/C13H23ClN4S/c1-3-7-16-13-17-10-11(14)12(18-13)15-8-5-4-6-9-19-2/h10H,3-9H2,1-2H3,(H2,15,16,17,18). The Morgan fingerprint density at radius 3 is 2.79 bits per heavy atom. The van der Waals surface area contributed by atoms with Gasteiger partial charge in [0.25, 0.3) is 0 Å². The van der Waals surface area contributed by atoms with Crippen LogP contribution < -0.4 is 10.6 Å². The van der Waals surface area contributed by atoms with Crippen molar-refractivity contribution in [3.8, 4) is 0 Å². The quantitative estimate of drug-likeness (QED) is 0.642. The predicted octanol–water partition coefficient (Wildman–Crippen LogP) is 3.90. The second kappa shape index (κ2) is 10.1. The van der Waals surface area contributed by atoms with E-state index in [4.69, 9.17) is 11.6 Å². The van der Waals surface area contributed by atoms with Gasteiger partial charge in [-0.3, -0.25) is 0 Å². The van der Waals surface area contributed by atoms with Gasteiger partial charge < -0.3 is 10.6 Å². The van der Waals surface area contributed by atoms with E-state index in [0.29, 0.717) is 11.0 Å². The molecule has 0 aromatic carbocycles. The third-order valence-corrected chi connectivity index (χ3v) is 3.57. The zero-order valence-corrected chi connectivity index (χ0v) is 13.3. The molecule has 0 atom stereocenters. The Bertz CT molecular complexity index is 362. The lowest BCUT2D eigenvalue weighted by Crippen LogP contribution is -2.09. The van der Waals surface area contributed by atoms with Gasteiger partial charge in [0.1, 0.15) is 10.8 Å². The number of anilines is 2. The van der Waals surface area contributed by atoms with Gasteiger partial charge in [-0.05, 0) is 31.3 Å². The smallest absolute Gasteiger partial charge is 0.224 e. The highest BCUT2D eigenvalue weighted by Gasteiger charge is 2.04. The van der Waals surface area contributed by atoms with Crippen LogP contribution in [0, 0.1) is 0 Å². The number of aromatic nitrogens is 2. The van der Waals surface area contributed by atoms with Crippen LogP contribution in [-0.2, 0) is 0 Å². The molecule has 19 heavy (non-hydrogen) atoms. The summed E-state index contributed by atoms with van der Waals surface area (Å²) in [7, 11) is 0. The predicted molar refractivity (Wildman–Crippen MR) is 86.5 cm³/mol. The molecule has 0 unspecified atom stereocenters. The minimum atomic E-state index is 0.575. The second-order valence-electron chi connectivity index (χ2n) is 4.30. The number of rotatable bonds is 10. The normalized spacial score (nSPS) is 10.5. The molecule has 108 valence electrons. The van der Waals surface area contributed by atoms with Crippen molar-refractivity contribution in [3.05, 3.63) is 11.2 Å². The van der Waals surface area contributed by atoms with Crippen LogP contribution in [0.2, 0.25) is 5.02 Å². The minimum Gasteiger partial charge on any atom is -0.369 e. The average molecular weight is 303 g/mol. The third kappa shape index (κ3) is 6.87. The topological polar surface area (TPSA) is 49.8 Å². The van der Waals surface area contributed by atoms with Gasteiger partial charge in [-0.15, -0.1) is 0 Å². The van der Waals surface area contributed by atoms with E-state index in [1.807, 2.05) is 11.8 Å². The summed E-state index contributed by atoms with van der Waals surface area (Å²) in [5, 5.41) is 7.01. The van der Waals surface area contributed by atoms with Crippen molar-refractivity contribution in [2.75, 3.05) is 35.7 Å². The number of thioether (sulfide) groups is 1. The first-order valence-corrected chi connectivity index (χ1v) is 8.54. The first-order chi connectivity index (χ1) is 9.27. The van der Waals surface area contributed by atoms with Crippen LogP contribution in [-0.4, -0.2) is 35.1 Å². The molecule has 0 saturated heterocycles. The highest BCUT2D eigenvalue weighted by Crippen LogP contribution is 2.19. The van der Waals surface area contributed by atoms with Gasteiger partial charge in [0.15, 0.2) is 0 Å². The van der Waals surface area contributed by atoms with Crippen molar-refractivity contribution < 1.29 is 0 Å². The Balaban J connectivity index is 2.34. The van der Waals surface area contributed by atoms with E-state index in [1.165, 1.54) is 18.6 Å². The number of hydrogen-bond acceptors (Lipinski definition) is 5. The molecular weight excluding hydrogens is 280 g/mol. The number of halogens is 1. The lowest BCUT2D eigenvalue weighted by molar-refractivity contribution is 0.748. The summed E-state index contributed by atoms with van der Waals surface area (Å²) in [4.78, 5) is 8.52. The van der Waals surface area contributed by atoms with Crippen molar-refractivity contribution in [1.29, 1.82) is 0 Å². The molecule has 2 N–H and O–H groups in total. The Hall–Kier alpha value is -0.680. The summed E-state index contributed by atoms with van der Waals surface area (Å²) in [6.45, 7) is 3.88. The van der Waals surface area contributed by atoms with Crippen LogP contribution in [0.4, 0.5) is 11.8 Å². The number of hydrogen-bond donors (Lipinski definition) is 2. The number of nitrogens with zero attached hydrogens (tertiary/aromatic N) is 2. The van der Waals surface area contributed by atoms with E-state index in [0.717, 1.165) is 31.7 Å². The summed E-state index contributed by atoms with van der Waals surface area (Å²) in [5.74, 6) is 2.59. The number of nitrogens with one attached hydrogen (secondary N) is 2. The summed E-state index contributed by atoms with van der Waals surface area (Å²) in [5.41, 5.74) is 0. The fourth-order valence-electron chi connectivity index (χ4n) is 1.57. The van der Waals surface area contributed by atoms with Crippen LogP contribution in [0.5, 0.6) is 0 Å². The molecule has 0 radical (unpaired) electrons. The molecule has 0 spiro atoms. The lowest BCUT2D eigenvalue weighted by atomic mass is 10.2. The molecule has 0 bridgehead atoms. The van der Waals surface area contributed by atoms with Crippen LogP contribution in [0.25, 0.3) is 0 Å². The lowest BCUT2D eigenvalue weighted by Gasteiger charge is -2.09. The van der Waals surface area contributed by atoms with Crippen molar-refractivity contribution in [1.82, 2.24) is 9.97 Å². The summed E-state index contributed by atoms with van der Waals surface area (Å²) < 4.78 is 0. The highest BCUT2D eigenvalue weighted by molar-refractivity contribution is 7.98. The highest BCUT2D eigenvalue weighted by atomic mass is 35.5. The van der Waals surface area contributed by atoms with Crippen molar-refractivity contribution in [2.24, 2.45) is 0 Å². The summed E-state index contributed by atoms with van der Waals surface area (Å²) in [6, 6.07) is 0. The van der Waals surface area contributed by atoms with Gasteiger partial charge in [-0.1, -0.05) is 24.9 Å². The van der Waals surface area contributed by atoms with Crippen LogP contribution in [0.1, 0.15) is 32.6 Å². The molecule has 1 aromatic heterocycles. The maximum Gasteiger partial charge on any atom is 0.224 e. The van der Waals surface area contributed by atoms with E-state index in [9.17, 15) is 0 Å². The van der Waals surface area contributed by atoms with Gasteiger partial charge in [0.05, 0.1) is 6.20 Å². The summed E-state index contributed by atoms with van der Waals surface area (Å²) >= 11 is 7.97. The molecule has 0 aliphatic rings. The van der Waals surface area contributed by atoms with E-state index >= 15 is 0 Å². The van der Waals surface area contributed by atoms with Gasteiger partial charge in [0.2, 0.25) is 5.95 Å². The van der Waals surface area contributed by atoms with Crippen molar-refractivity contribution in [3.63, 3.8) is 0 Å². The van der Waals surface area contributed by atoms with Gasteiger partial charge in [-0.2, -0.15) is 16.7 Å². The molecule has 0 fully saturated rings. The third-order valence-electron chi connectivity index (χ3n) is 2.59. The Morgan fingerprint density at radius 1 is 1.21 bits per heavy atom. The Kier molecular flexibility index (Phi) is 8.75. The zero-order chi connectivity index (χ0) is 13.9. The van der Waals surface area contributed by atoms with E-state index < -0.39 is 0 Å². The maximum atomic E-state index is 6.07. The SMILES string of the molecule is CCCNc1ncc(Cl)c(NCCCCCSC)n1. The first kappa shape index (κ1) is 16.4. The number of unbranched alkanes of at least 4 members (excludes halogenated alkanes) is 2. The molecule has 1 heterocycles. The monoisotopic (exact) mass is 302 g/mol. The largest absolute Gasteiger partial charge is 0.369 e. The van der Waals surface area contributed by atoms with Gasteiger partial charge in [0, 0.05) is 13.1 Å². The van der Waals surface area contributed by atoms with E-state index in [-0.39, 0.29) is 0 Å². The molecule has 0 aliphatic heterocycles. The van der Waals surface area contributed by atoms with E-state index in [1.54, 1.807) is 6.20 Å². The molecule has 0 saturated carbocycles. The second-order valence-corrected chi connectivity index (χ2v) is 5.69. The zero-order valence-electron chi connectivity index (χ0n) is 11.7. The molecule has 6 heteroatoms. The molecule has 0 amide bonds. The average Bonchev–Trinajstić information content (AvgIpc) is 2.43. The molecular formula is C13H23ClN4S. The van der Waals surface area contributed by atoms with E-state index in [2.05, 4.69) is 33.8 Å². The fraction of sp³-hybridized carbons (Fsp3) is 0.692. The van der Waals surface area contributed by atoms with Gasteiger partial charge >= 0.3 is 0 Å². The Morgan fingerprint density at radius 2 is 2.05 bits per heavy atom. The molecule has 0 aliphatic carbocycles. The molecule has 1 aromatic rings. The van der Waals surface area contributed by atoms with Crippen LogP contribution >= 0.6 is 23.4 Å². The maximum absolute atomic E-state index is 6.07. The van der Waals surface area contributed by atoms with Crippen molar-refractivity contribution in [2.45, 2.75) is 32.6 Å². The minimum absolute atomic E-state index is 0.575. The van der Waals surface area contributed by atoms with Crippen LogP contribution in [0.15, 0.2) is 6.20 Å². The fourth-order valence-corrected chi connectivity index (χ4v) is 2.22. The first-order valence-electron chi connectivity index (χ1n) is 6.77. The Labute approximate surface area is 125 Å². The van der Waals surface area contributed by atoms with Crippen molar-refractivity contribution >= 4 is 35.1 Å². The summed E-state index contributed by atoms with van der Waals surface area (Å²) in [6.07, 6.45) is 8.47. The molecule has 1 rings (SSSR count). The molecule has 4 nitrogen and oxygen atoms in total. The van der Waals surface area contributed by atoms with Crippen LogP contribution in [0.3, 0.4) is 0 Å².